The summed E-state index contributed by atoms with van der Waals surface area (Å²) in [6.45, 7) is 1.86. The fraction of sp³-hybridized carbons (Fsp3) is 0.118. The molecule has 0 saturated heterocycles. The van der Waals surface area contributed by atoms with Gasteiger partial charge in [0, 0.05) is 11.6 Å². The van der Waals surface area contributed by atoms with E-state index in [9.17, 15) is 9.50 Å². The average Bonchev–Trinajstić information content (AvgIpc) is 2.48. The molecule has 0 radical (unpaired) electrons. The molecule has 2 aromatic carbocycles. The Bertz CT molecular complexity index is 765. The molecule has 0 fully saturated rings. The Hall–Kier alpha value is -2.26. The molecule has 0 saturated carbocycles. The third-order valence-corrected chi connectivity index (χ3v) is 3.51. The maximum absolute atomic E-state index is 13.4. The van der Waals surface area contributed by atoms with E-state index in [0.29, 0.717) is 5.56 Å². The topological polar surface area (TPSA) is 33.1 Å². The molecule has 1 aromatic heterocycles. The van der Waals surface area contributed by atoms with Crippen molar-refractivity contribution in [3.05, 3.63) is 77.2 Å². The van der Waals surface area contributed by atoms with E-state index in [-0.39, 0.29) is 5.82 Å². The molecular formula is C17H14FNO. The van der Waals surface area contributed by atoms with E-state index < -0.39 is 6.10 Å². The lowest BCUT2D eigenvalue weighted by atomic mass is 9.95. The number of hydrogen-bond acceptors (Lipinski definition) is 2. The molecule has 0 spiro atoms. The number of para-hydroxylation sites is 1. The van der Waals surface area contributed by atoms with Crippen molar-refractivity contribution in [2.24, 2.45) is 0 Å². The van der Waals surface area contributed by atoms with Gasteiger partial charge in [0.2, 0.25) is 0 Å². The van der Waals surface area contributed by atoms with Crippen LogP contribution in [0.25, 0.3) is 10.9 Å². The zero-order valence-corrected chi connectivity index (χ0v) is 11.0. The van der Waals surface area contributed by atoms with E-state index in [2.05, 4.69) is 4.98 Å². The van der Waals surface area contributed by atoms with E-state index in [4.69, 9.17) is 0 Å². The van der Waals surface area contributed by atoms with Crippen LogP contribution in [0.3, 0.4) is 0 Å². The van der Waals surface area contributed by atoms with Crippen molar-refractivity contribution >= 4 is 10.9 Å². The van der Waals surface area contributed by atoms with Crippen LogP contribution in [0, 0.1) is 12.7 Å². The average molecular weight is 267 g/mol. The zero-order chi connectivity index (χ0) is 14.1. The normalized spacial score (nSPS) is 12.6. The molecule has 1 N–H and O–H groups in total. The van der Waals surface area contributed by atoms with E-state index >= 15 is 0 Å². The van der Waals surface area contributed by atoms with Gasteiger partial charge in [0.15, 0.2) is 0 Å². The number of nitrogens with zero attached hydrogens (tertiary/aromatic N) is 1. The SMILES string of the molecule is Cc1ccc(F)cc1C(O)c1ccnc2ccccc12. The van der Waals surface area contributed by atoms with Crippen LogP contribution in [0.4, 0.5) is 4.39 Å². The van der Waals surface area contributed by atoms with Crippen molar-refractivity contribution in [1.29, 1.82) is 0 Å². The van der Waals surface area contributed by atoms with Crippen LogP contribution in [0.1, 0.15) is 22.8 Å². The number of hydrogen-bond donors (Lipinski definition) is 1. The van der Waals surface area contributed by atoms with Crippen molar-refractivity contribution < 1.29 is 9.50 Å². The molecule has 0 aliphatic heterocycles. The third-order valence-electron chi connectivity index (χ3n) is 3.51. The van der Waals surface area contributed by atoms with Gasteiger partial charge in [-0.3, -0.25) is 4.98 Å². The number of rotatable bonds is 2. The molecule has 0 amide bonds. The fourth-order valence-corrected chi connectivity index (χ4v) is 2.43. The largest absolute Gasteiger partial charge is 0.384 e. The molecule has 1 heterocycles. The van der Waals surface area contributed by atoms with Crippen LogP contribution < -0.4 is 0 Å². The molecule has 0 bridgehead atoms. The Balaban J connectivity index is 2.17. The third kappa shape index (κ3) is 2.17. The lowest BCUT2D eigenvalue weighted by Crippen LogP contribution is -2.04. The van der Waals surface area contributed by atoms with Crippen LogP contribution in [0.5, 0.6) is 0 Å². The summed E-state index contributed by atoms with van der Waals surface area (Å²) in [6.07, 6.45) is 0.800. The van der Waals surface area contributed by atoms with Crippen LogP contribution in [0.15, 0.2) is 54.7 Å². The Morgan fingerprint density at radius 3 is 2.70 bits per heavy atom. The molecule has 20 heavy (non-hydrogen) atoms. The summed E-state index contributed by atoms with van der Waals surface area (Å²) in [7, 11) is 0. The van der Waals surface area contributed by atoms with Gasteiger partial charge in [0.1, 0.15) is 11.9 Å². The van der Waals surface area contributed by atoms with Gasteiger partial charge in [0.05, 0.1) is 5.52 Å². The molecule has 100 valence electrons. The monoisotopic (exact) mass is 267 g/mol. The van der Waals surface area contributed by atoms with Crippen LogP contribution in [0.2, 0.25) is 0 Å². The first-order valence-corrected chi connectivity index (χ1v) is 6.44. The molecule has 0 aliphatic carbocycles. The minimum atomic E-state index is -0.862. The summed E-state index contributed by atoms with van der Waals surface area (Å²) >= 11 is 0. The standard InChI is InChI=1S/C17H14FNO/c1-11-6-7-12(18)10-15(11)17(20)14-8-9-19-16-5-3-2-4-13(14)16/h2-10,17,20H,1H3. The van der Waals surface area contributed by atoms with Gasteiger partial charge < -0.3 is 5.11 Å². The van der Waals surface area contributed by atoms with Crippen molar-refractivity contribution in [2.75, 3.05) is 0 Å². The van der Waals surface area contributed by atoms with Gasteiger partial charge in [-0.2, -0.15) is 0 Å². The first kappa shape index (κ1) is 12.8. The number of aliphatic hydroxyl groups excluding tert-OH is 1. The number of aliphatic hydroxyl groups is 1. The molecule has 1 atom stereocenters. The Morgan fingerprint density at radius 2 is 1.85 bits per heavy atom. The summed E-state index contributed by atoms with van der Waals surface area (Å²) in [6, 6.07) is 13.8. The highest BCUT2D eigenvalue weighted by Crippen LogP contribution is 2.29. The van der Waals surface area contributed by atoms with Crippen molar-refractivity contribution in [3.63, 3.8) is 0 Å². The zero-order valence-electron chi connectivity index (χ0n) is 11.0. The highest BCUT2D eigenvalue weighted by molar-refractivity contribution is 5.82. The maximum atomic E-state index is 13.4. The van der Waals surface area contributed by atoms with Crippen molar-refractivity contribution in [1.82, 2.24) is 4.98 Å². The van der Waals surface area contributed by atoms with E-state index in [1.807, 2.05) is 31.2 Å². The van der Waals surface area contributed by atoms with E-state index in [1.165, 1.54) is 12.1 Å². The van der Waals surface area contributed by atoms with Gasteiger partial charge in [0.25, 0.3) is 0 Å². The van der Waals surface area contributed by atoms with Gasteiger partial charge in [-0.25, -0.2) is 4.39 Å². The second-order valence-electron chi connectivity index (χ2n) is 4.82. The quantitative estimate of drug-likeness (QED) is 0.766. The molecule has 2 nitrogen and oxygen atoms in total. The molecule has 1 unspecified atom stereocenters. The number of halogens is 1. The van der Waals surface area contributed by atoms with Gasteiger partial charge in [-0.1, -0.05) is 24.3 Å². The van der Waals surface area contributed by atoms with Crippen molar-refractivity contribution in [2.45, 2.75) is 13.0 Å². The highest BCUT2D eigenvalue weighted by Gasteiger charge is 2.16. The molecule has 3 rings (SSSR count). The number of aryl methyl sites for hydroxylation is 1. The van der Waals surface area contributed by atoms with E-state index in [1.54, 1.807) is 18.3 Å². The summed E-state index contributed by atoms with van der Waals surface area (Å²) in [4.78, 5) is 4.27. The Morgan fingerprint density at radius 1 is 1.05 bits per heavy atom. The maximum Gasteiger partial charge on any atom is 0.123 e. The predicted octanol–water partition coefficient (Wildman–Crippen LogP) is 3.76. The van der Waals surface area contributed by atoms with Gasteiger partial charge in [-0.15, -0.1) is 0 Å². The Kier molecular flexibility index (Phi) is 3.20. The predicted molar refractivity (Wildman–Crippen MR) is 76.9 cm³/mol. The highest BCUT2D eigenvalue weighted by atomic mass is 19.1. The van der Waals surface area contributed by atoms with Crippen molar-refractivity contribution in [3.8, 4) is 0 Å². The number of benzene rings is 2. The van der Waals surface area contributed by atoms with Gasteiger partial charge in [-0.05, 0) is 47.9 Å². The van der Waals surface area contributed by atoms with Crippen LogP contribution in [-0.4, -0.2) is 10.1 Å². The van der Waals surface area contributed by atoms with Crippen LogP contribution >= 0.6 is 0 Å². The summed E-state index contributed by atoms with van der Waals surface area (Å²) < 4.78 is 13.4. The molecule has 3 aromatic rings. The second kappa shape index (κ2) is 5.02. The minimum Gasteiger partial charge on any atom is -0.384 e. The number of aromatic nitrogens is 1. The van der Waals surface area contributed by atoms with E-state index in [0.717, 1.165) is 22.0 Å². The smallest absolute Gasteiger partial charge is 0.123 e. The molecule has 0 aliphatic rings. The Labute approximate surface area is 116 Å². The van der Waals surface area contributed by atoms with Crippen LogP contribution in [-0.2, 0) is 0 Å². The first-order chi connectivity index (χ1) is 9.66. The fourth-order valence-electron chi connectivity index (χ4n) is 2.43. The number of pyridine rings is 1. The lowest BCUT2D eigenvalue weighted by Gasteiger charge is -2.16. The number of fused-ring (bicyclic) bond motifs is 1. The summed E-state index contributed by atoms with van der Waals surface area (Å²) in [5.41, 5.74) is 3.00. The second-order valence-corrected chi connectivity index (χ2v) is 4.82. The molecule has 3 heteroatoms. The minimum absolute atomic E-state index is 0.344. The lowest BCUT2D eigenvalue weighted by molar-refractivity contribution is 0.220. The van der Waals surface area contributed by atoms with Gasteiger partial charge >= 0.3 is 0 Å². The first-order valence-electron chi connectivity index (χ1n) is 6.44. The molecular weight excluding hydrogens is 253 g/mol. The summed E-state index contributed by atoms with van der Waals surface area (Å²) in [5, 5.41) is 11.5. The summed E-state index contributed by atoms with van der Waals surface area (Å²) in [5.74, 6) is -0.344.